The second-order valence-electron chi connectivity index (χ2n) is 8.15. The number of carbonyl (C=O) groups excluding carboxylic acids is 2. The van der Waals surface area contributed by atoms with Gasteiger partial charge in [0.15, 0.2) is 0 Å². The minimum Gasteiger partial charge on any atom is -0.453 e. The molecule has 3 N–H and O–H groups in total. The van der Waals surface area contributed by atoms with Crippen LogP contribution in [0.2, 0.25) is 0 Å². The van der Waals surface area contributed by atoms with Gasteiger partial charge in [0.1, 0.15) is 5.82 Å². The topological polar surface area (TPSA) is 82.7 Å². The molecule has 7 nitrogen and oxygen atoms in total. The number of halogens is 1. The lowest BCUT2D eigenvalue weighted by Crippen LogP contribution is -2.12. The molecule has 174 valence electrons. The molecule has 1 aliphatic rings. The molecule has 0 aliphatic carbocycles. The Kier molecular flexibility index (Phi) is 6.60. The predicted octanol–water partition coefficient (Wildman–Crippen LogP) is 5.00. The average molecular weight is 461 g/mol. The third-order valence-electron chi connectivity index (χ3n) is 5.30. The molecule has 0 bridgehead atoms. The Morgan fingerprint density at radius 3 is 2.26 bits per heavy atom. The van der Waals surface area contributed by atoms with Gasteiger partial charge in [0.2, 0.25) is 0 Å². The lowest BCUT2D eigenvalue weighted by Gasteiger charge is -2.16. The summed E-state index contributed by atoms with van der Waals surface area (Å²) >= 11 is 0. The van der Waals surface area contributed by atoms with Crippen molar-refractivity contribution in [2.45, 2.75) is 6.54 Å². The lowest BCUT2D eigenvalue weighted by atomic mass is 9.99. The third kappa shape index (κ3) is 5.07. The first-order chi connectivity index (χ1) is 16.3. The SMILES string of the molecule is COC(=O)Nc1ccc(/C(Nc2ccc(CN(C)C)cc2)=C2/C(=O)Nc3cc(F)ccc32)cc1. The molecule has 3 aromatic rings. The van der Waals surface area contributed by atoms with E-state index in [9.17, 15) is 14.0 Å². The zero-order valence-corrected chi connectivity index (χ0v) is 19.1. The van der Waals surface area contributed by atoms with E-state index < -0.39 is 11.9 Å². The minimum absolute atomic E-state index is 0.330. The van der Waals surface area contributed by atoms with Crippen LogP contribution >= 0.6 is 0 Å². The predicted molar refractivity (Wildman–Crippen MR) is 132 cm³/mol. The summed E-state index contributed by atoms with van der Waals surface area (Å²) in [6, 6.07) is 19.2. The molecular weight excluding hydrogens is 435 g/mol. The highest BCUT2D eigenvalue weighted by molar-refractivity contribution is 6.37. The molecule has 0 unspecified atom stereocenters. The second kappa shape index (κ2) is 9.76. The first kappa shape index (κ1) is 23.0. The van der Waals surface area contributed by atoms with E-state index in [2.05, 4.69) is 25.6 Å². The van der Waals surface area contributed by atoms with Crippen molar-refractivity contribution >= 4 is 40.3 Å². The van der Waals surface area contributed by atoms with Crippen LogP contribution in [0.5, 0.6) is 0 Å². The molecular formula is C26H25FN4O3. The van der Waals surface area contributed by atoms with Crippen molar-refractivity contribution < 1.29 is 18.7 Å². The van der Waals surface area contributed by atoms with Crippen LogP contribution in [0.15, 0.2) is 66.7 Å². The summed E-state index contributed by atoms with van der Waals surface area (Å²) in [6.07, 6.45) is -0.576. The molecule has 4 rings (SSSR count). The van der Waals surface area contributed by atoms with Crippen LogP contribution in [0.3, 0.4) is 0 Å². The maximum absolute atomic E-state index is 13.8. The van der Waals surface area contributed by atoms with Gasteiger partial charge in [-0.2, -0.15) is 0 Å². The van der Waals surface area contributed by atoms with Crippen molar-refractivity contribution in [3.8, 4) is 0 Å². The fourth-order valence-corrected chi connectivity index (χ4v) is 3.76. The molecule has 1 heterocycles. The Balaban J connectivity index is 1.76. The van der Waals surface area contributed by atoms with E-state index in [1.165, 1.54) is 19.2 Å². The van der Waals surface area contributed by atoms with Gasteiger partial charge in [-0.25, -0.2) is 9.18 Å². The number of nitrogens with one attached hydrogen (secondary N) is 3. The Bertz CT molecular complexity index is 1250. The molecule has 0 fully saturated rings. The number of carbonyl (C=O) groups is 2. The largest absolute Gasteiger partial charge is 0.453 e. The standard InChI is InChI=1S/C26H25FN4O3/c1-31(2)15-16-4-9-19(10-5-16)28-24(17-6-11-20(12-7-17)29-26(33)34-3)23-21-13-8-18(27)14-22(21)30-25(23)32/h4-14,28H,15H2,1-3H3,(H,29,33)(H,30,32)/b24-23-. The van der Waals surface area contributed by atoms with Crippen LogP contribution in [-0.2, 0) is 16.1 Å². The summed E-state index contributed by atoms with van der Waals surface area (Å²) in [5.41, 5.74) is 5.21. The molecule has 2 amide bonds. The highest BCUT2D eigenvalue weighted by Crippen LogP contribution is 2.38. The summed E-state index contributed by atoms with van der Waals surface area (Å²) in [5.74, 6) is -0.756. The van der Waals surface area contributed by atoms with Gasteiger partial charge in [0.05, 0.1) is 24.1 Å². The maximum atomic E-state index is 13.8. The molecule has 0 aromatic heterocycles. The molecule has 34 heavy (non-hydrogen) atoms. The fourth-order valence-electron chi connectivity index (χ4n) is 3.76. The number of methoxy groups -OCH3 is 1. The molecule has 1 aliphatic heterocycles. The number of fused-ring (bicyclic) bond motifs is 1. The van der Waals surface area contributed by atoms with Crippen LogP contribution < -0.4 is 16.0 Å². The van der Waals surface area contributed by atoms with Crippen LogP contribution in [-0.4, -0.2) is 38.1 Å². The monoisotopic (exact) mass is 460 g/mol. The van der Waals surface area contributed by atoms with E-state index >= 15 is 0 Å². The number of nitrogens with zero attached hydrogens (tertiary/aromatic N) is 1. The number of rotatable bonds is 6. The smallest absolute Gasteiger partial charge is 0.411 e. The van der Waals surface area contributed by atoms with Crippen molar-refractivity contribution in [2.24, 2.45) is 0 Å². The quantitative estimate of drug-likeness (QED) is 0.451. The highest BCUT2D eigenvalue weighted by Gasteiger charge is 2.28. The summed E-state index contributed by atoms with van der Waals surface area (Å²) in [4.78, 5) is 26.6. The van der Waals surface area contributed by atoms with Crippen molar-refractivity contribution in [1.29, 1.82) is 0 Å². The molecule has 0 saturated heterocycles. The van der Waals surface area contributed by atoms with Crippen LogP contribution in [0, 0.1) is 5.82 Å². The van der Waals surface area contributed by atoms with Crippen molar-refractivity contribution in [1.82, 2.24) is 4.90 Å². The summed E-state index contributed by atoms with van der Waals surface area (Å²) in [6.45, 7) is 0.810. The first-order valence-electron chi connectivity index (χ1n) is 10.7. The van der Waals surface area contributed by atoms with E-state index in [1.807, 2.05) is 38.4 Å². The highest BCUT2D eigenvalue weighted by atomic mass is 19.1. The van der Waals surface area contributed by atoms with Crippen LogP contribution in [0.4, 0.5) is 26.2 Å². The summed E-state index contributed by atoms with van der Waals surface area (Å²) in [5, 5.41) is 8.73. The summed E-state index contributed by atoms with van der Waals surface area (Å²) < 4.78 is 18.4. The van der Waals surface area contributed by atoms with E-state index in [1.54, 1.807) is 30.3 Å². The third-order valence-corrected chi connectivity index (χ3v) is 5.30. The molecule has 0 saturated carbocycles. The molecule has 0 radical (unpaired) electrons. The molecule has 8 heteroatoms. The Labute approximate surface area is 197 Å². The van der Waals surface area contributed by atoms with Crippen LogP contribution in [0.25, 0.3) is 11.3 Å². The Morgan fingerprint density at radius 1 is 0.971 bits per heavy atom. The number of hydrogen-bond acceptors (Lipinski definition) is 5. The first-order valence-corrected chi connectivity index (χ1v) is 10.7. The van der Waals surface area contributed by atoms with Crippen LogP contribution in [0.1, 0.15) is 16.7 Å². The molecule has 0 atom stereocenters. The Hall–Kier alpha value is -4.17. The van der Waals surface area contributed by atoms with Gasteiger partial charge < -0.3 is 20.3 Å². The van der Waals surface area contributed by atoms with Crippen molar-refractivity contribution in [3.63, 3.8) is 0 Å². The van der Waals surface area contributed by atoms with Crippen molar-refractivity contribution in [2.75, 3.05) is 37.2 Å². The second-order valence-corrected chi connectivity index (χ2v) is 8.15. The lowest BCUT2D eigenvalue weighted by molar-refractivity contribution is -0.110. The average Bonchev–Trinajstić information content (AvgIpc) is 3.13. The van der Waals surface area contributed by atoms with Crippen molar-refractivity contribution in [3.05, 3.63) is 89.2 Å². The Morgan fingerprint density at radius 2 is 1.62 bits per heavy atom. The zero-order chi connectivity index (χ0) is 24.2. The van der Waals surface area contributed by atoms with Gasteiger partial charge in [-0.3, -0.25) is 10.1 Å². The van der Waals surface area contributed by atoms with Gasteiger partial charge in [-0.05, 0) is 67.7 Å². The van der Waals surface area contributed by atoms with E-state index in [0.717, 1.165) is 23.4 Å². The van der Waals surface area contributed by atoms with E-state index in [0.29, 0.717) is 28.2 Å². The molecule has 3 aromatic carbocycles. The number of amides is 2. The van der Waals surface area contributed by atoms with Gasteiger partial charge in [-0.1, -0.05) is 24.3 Å². The van der Waals surface area contributed by atoms with Gasteiger partial charge in [-0.15, -0.1) is 0 Å². The zero-order valence-electron chi connectivity index (χ0n) is 19.1. The van der Waals surface area contributed by atoms with E-state index in [4.69, 9.17) is 0 Å². The number of anilines is 3. The van der Waals surface area contributed by atoms with E-state index in [-0.39, 0.29) is 5.91 Å². The van der Waals surface area contributed by atoms with Gasteiger partial charge in [0.25, 0.3) is 5.91 Å². The maximum Gasteiger partial charge on any atom is 0.411 e. The van der Waals surface area contributed by atoms with Gasteiger partial charge in [0, 0.05) is 23.5 Å². The number of ether oxygens (including phenoxy) is 1. The van der Waals surface area contributed by atoms with Gasteiger partial charge >= 0.3 is 6.09 Å². The summed E-state index contributed by atoms with van der Waals surface area (Å²) in [7, 11) is 5.30. The number of benzene rings is 3. The normalized spacial score (nSPS) is 13.9. The molecule has 0 spiro atoms. The minimum atomic E-state index is -0.576. The fraction of sp³-hybridized carbons (Fsp3) is 0.154. The number of hydrogen-bond donors (Lipinski definition) is 3.